The molecular formula is C15H16BrNO. The molecule has 1 N–H and O–H groups in total. The molecule has 0 unspecified atom stereocenters. The van der Waals surface area contributed by atoms with Gasteiger partial charge in [-0.2, -0.15) is 0 Å². The van der Waals surface area contributed by atoms with Gasteiger partial charge in [0, 0.05) is 29.3 Å². The maximum Gasteiger partial charge on any atom is 0.123 e. The predicted molar refractivity (Wildman–Crippen MR) is 79.1 cm³/mol. The van der Waals surface area contributed by atoms with Crippen molar-refractivity contribution in [3.63, 3.8) is 0 Å². The fourth-order valence-electron chi connectivity index (χ4n) is 1.95. The quantitative estimate of drug-likeness (QED) is 0.923. The van der Waals surface area contributed by atoms with Gasteiger partial charge in [-0.05, 0) is 36.8 Å². The van der Waals surface area contributed by atoms with E-state index in [4.69, 9.17) is 0 Å². The topological polar surface area (TPSA) is 23.5 Å². The van der Waals surface area contributed by atoms with Gasteiger partial charge in [-0.1, -0.05) is 34.1 Å². The molecular weight excluding hydrogens is 290 g/mol. The lowest BCUT2D eigenvalue weighted by Gasteiger charge is -2.20. The van der Waals surface area contributed by atoms with E-state index in [0.717, 1.165) is 21.3 Å². The Bertz CT molecular complexity index is 540. The lowest BCUT2D eigenvalue weighted by atomic mass is 10.1. The van der Waals surface area contributed by atoms with Crippen LogP contribution in [0.1, 0.15) is 11.1 Å². The third-order valence-corrected chi connectivity index (χ3v) is 3.41. The Morgan fingerprint density at radius 3 is 2.50 bits per heavy atom. The molecule has 0 fully saturated rings. The molecule has 0 aliphatic carbocycles. The van der Waals surface area contributed by atoms with Gasteiger partial charge in [0.05, 0.1) is 0 Å². The van der Waals surface area contributed by atoms with Crippen molar-refractivity contribution >= 4 is 21.6 Å². The summed E-state index contributed by atoms with van der Waals surface area (Å²) < 4.78 is 0.995. The molecule has 0 bridgehead atoms. The van der Waals surface area contributed by atoms with Crippen molar-refractivity contribution in [2.75, 3.05) is 11.9 Å². The van der Waals surface area contributed by atoms with Gasteiger partial charge in [-0.25, -0.2) is 0 Å². The first-order chi connectivity index (χ1) is 8.58. The van der Waals surface area contributed by atoms with Crippen LogP contribution in [0.3, 0.4) is 0 Å². The predicted octanol–water partition coefficient (Wildman–Crippen LogP) is 4.10. The van der Waals surface area contributed by atoms with Crippen LogP contribution >= 0.6 is 15.9 Å². The zero-order chi connectivity index (χ0) is 13.1. The van der Waals surface area contributed by atoms with Gasteiger partial charge in [0.25, 0.3) is 0 Å². The zero-order valence-corrected chi connectivity index (χ0v) is 12.1. The number of halogens is 1. The normalized spacial score (nSPS) is 10.4. The van der Waals surface area contributed by atoms with E-state index in [1.54, 1.807) is 0 Å². The van der Waals surface area contributed by atoms with Crippen LogP contribution in [0.2, 0.25) is 0 Å². The van der Waals surface area contributed by atoms with E-state index < -0.39 is 0 Å². The summed E-state index contributed by atoms with van der Waals surface area (Å²) in [4.78, 5) is 2.11. The fraction of sp³-hybridized carbons (Fsp3) is 0.200. The number of nitrogens with zero attached hydrogens (tertiary/aromatic N) is 1. The van der Waals surface area contributed by atoms with Crippen LogP contribution in [0.5, 0.6) is 5.75 Å². The van der Waals surface area contributed by atoms with E-state index in [2.05, 4.69) is 33.0 Å². The highest BCUT2D eigenvalue weighted by Gasteiger charge is 2.09. The van der Waals surface area contributed by atoms with Crippen LogP contribution in [0.25, 0.3) is 0 Å². The molecule has 0 aromatic heterocycles. The van der Waals surface area contributed by atoms with Gasteiger partial charge in [-0.3, -0.25) is 0 Å². The molecule has 3 heteroatoms. The minimum atomic E-state index is 0.376. The maximum absolute atomic E-state index is 10.1. The van der Waals surface area contributed by atoms with Gasteiger partial charge in [0.2, 0.25) is 0 Å². The number of rotatable bonds is 3. The third kappa shape index (κ3) is 2.85. The number of phenols is 1. The van der Waals surface area contributed by atoms with E-state index in [9.17, 15) is 5.11 Å². The van der Waals surface area contributed by atoms with Crippen molar-refractivity contribution in [1.82, 2.24) is 0 Å². The summed E-state index contributed by atoms with van der Waals surface area (Å²) in [6.45, 7) is 2.59. The lowest BCUT2D eigenvalue weighted by Crippen LogP contribution is -2.16. The molecule has 0 saturated heterocycles. The highest BCUT2D eigenvalue weighted by molar-refractivity contribution is 9.10. The third-order valence-electron chi connectivity index (χ3n) is 2.95. The van der Waals surface area contributed by atoms with Crippen molar-refractivity contribution in [3.8, 4) is 5.75 Å². The van der Waals surface area contributed by atoms with Gasteiger partial charge >= 0.3 is 0 Å². The number of anilines is 1. The number of benzene rings is 2. The van der Waals surface area contributed by atoms with Gasteiger partial charge in [0.1, 0.15) is 5.75 Å². The SMILES string of the molecule is Cc1cc(Br)cc(CN(C)c2ccccc2)c1O. The summed E-state index contributed by atoms with van der Waals surface area (Å²) in [5.74, 6) is 0.376. The second-order valence-electron chi connectivity index (χ2n) is 4.42. The molecule has 0 amide bonds. The fourth-order valence-corrected chi connectivity index (χ4v) is 2.57. The largest absolute Gasteiger partial charge is 0.507 e. The lowest BCUT2D eigenvalue weighted by molar-refractivity contribution is 0.463. The molecule has 2 nitrogen and oxygen atoms in total. The Balaban J connectivity index is 2.24. The van der Waals surface area contributed by atoms with Crippen molar-refractivity contribution in [3.05, 3.63) is 58.1 Å². The molecule has 0 atom stereocenters. The van der Waals surface area contributed by atoms with Crippen LogP contribution < -0.4 is 4.90 Å². The van der Waals surface area contributed by atoms with E-state index in [1.165, 1.54) is 0 Å². The summed E-state index contributed by atoms with van der Waals surface area (Å²) in [6.07, 6.45) is 0. The van der Waals surface area contributed by atoms with E-state index in [1.807, 2.05) is 44.3 Å². The molecule has 2 rings (SSSR count). The molecule has 18 heavy (non-hydrogen) atoms. The summed E-state index contributed by atoms with van der Waals surface area (Å²) >= 11 is 3.46. The summed E-state index contributed by atoms with van der Waals surface area (Å²) in [6, 6.07) is 14.0. The number of hydrogen-bond donors (Lipinski definition) is 1. The van der Waals surface area contributed by atoms with Crippen LogP contribution in [0, 0.1) is 6.92 Å². The molecule has 0 radical (unpaired) electrons. The maximum atomic E-state index is 10.1. The van der Waals surface area contributed by atoms with Crippen LogP contribution in [0.15, 0.2) is 46.9 Å². The first kappa shape index (κ1) is 13.0. The molecule has 0 aliphatic heterocycles. The molecule has 2 aromatic rings. The van der Waals surface area contributed by atoms with E-state index in [0.29, 0.717) is 12.3 Å². The average Bonchev–Trinajstić information content (AvgIpc) is 2.36. The standard InChI is InChI=1S/C15H16BrNO/c1-11-8-13(16)9-12(15(11)18)10-17(2)14-6-4-3-5-7-14/h3-9,18H,10H2,1-2H3. The van der Waals surface area contributed by atoms with E-state index >= 15 is 0 Å². The minimum absolute atomic E-state index is 0.376. The highest BCUT2D eigenvalue weighted by atomic mass is 79.9. The smallest absolute Gasteiger partial charge is 0.123 e. The summed E-state index contributed by atoms with van der Waals surface area (Å²) in [5, 5.41) is 10.1. The summed E-state index contributed by atoms with van der Waals surface area (Å²) in [5.41, 5.74) is 2.95. The Hall–Kier alpha value is -1.48. The van der Waals surface area contributed by atoms with Crippen molar-refractivity contribution < 1.29 is 5.11 Å². The number of aromatic hydroxyl groups is 1. The minimum Gasteiger partial charge on any atom is -0.507 e. The van der Waals surface area contributed by atoms with Crippen molar-refractivity contribution in [1.29, 1.82) is 0 Å². The number of para-hydroxylation sites is 1. The average molecular weight is 306 g/mol. The molecule has 2 aromatic carbocycles. The monoisotopic (exact) mass is 305 g/mol. The number of hydrogen-bond acceptors (Lipinski definition) is 2. The van der Waals surface area contributed by atoms with Gasteiger partial charge in [0.15, 0.2) is 0 Å². The van der Waals surface area contributed by atoms with Crippen LogP contribution in [-0.2, 0) is 6.54 Å². The Morgan fingerprint density at radius 1 is 1.17 bits per heavy atom. The first-order valence-corrected chi connectivity index (χ1v) is 6.61. The molecule has 0 heterocycles. The molecule has 0 saturated carbocycles. The Kier molecular flexibility index (Phi) is 3.92. The molecule has 94 valence electrons. The Labute approximate surface area is 116 Å². The molecule has 0 aliphatic rings. The van der Waals surface area contributed by atoms with Crippen LogP contribution in [-0.4, -0.2) is 12.2 Å². The van der Waals surface area contributed by atoms with E-state index in [-0.39, 0.29) is 0 Å². The number of phenolic OH excluding ortho intramolecular Hbond substituents is 1. The first-order valence-electron chi connectivity index (χ1n) is 5.82. The zero-order valence-electron chi connectivity index (χ0n) is 10.5. The van der Waals surface area contributed by atoms with Crippen molar-refractivity contribution in [2.24, 2.45) is 0 Å². The second-order valence-corrected chi connectivity index (χ2v) is 5.34. The highest BCUT2D eigenvalue weighted by Crippen LogP contribution is 2.28. The number of aryl methyl sites for hydroxylation is 1. The van der Waals surface area contributed by atoms with Crippen molar-refractivity contribution in [2.45, 2.75) is 13.5 Å². The summed E-state index contributed by atoms with van der Waals surface area (Å²) in [7, 11) is 2.02. The molecule has 0 spiro atoms. The Morgan fingerprint density at radius 2 is 1.83 bits per heavy atom. The van der Waals surface area contributed by atoms with Crippen LogP contribution in [0.4, 0.5) is 5.69 Å². The van der Waals surface area contributed by atoms with Gasteiger partial charge in [-0.15, -0.1) is 0 Å². The van der Waals surface area contributed by atoms with Gasteiger partial charge < -0.3 is 10.0 Å². The second kappa shape index (κ2) is 5.44.